The topological polar surface area (TPSA) is 66.0 Å². The van der Waals surface area contributed by atoms with E-state index < -0.39 is 0 Å². The fraction of sp³-hybridized carbons (Fsp3) is 0.385. The molecule has 2 heterocycles. The molecule has 2 N–H and O–H groups in total. The largest absolute Gasteiger partial charge is 0.483 e. The van der Waals surface area contributed by atoms with Crippen LogP contribution in [0.2, 0.25) is 0 Å². The zero-order chi connectivity index (χ0) is 13.2. The molecular weight excluding hydrogens is 247 g/mol. The van der Waals surface area contributed by atoms with Crippen molar-refractivity contribution in [2.24, 2.45) is 0 Å². The van der Waals surface area contributed by atoms with Crippen LogP contribution in [0.1, 0.15) is 24.5 Å². The molecule has 0 radical (unpaired) electrons. The van der Waals surface area contributed by atoms with Gasteiger partial charge in [0.05, 0.1) is 5.69 Å². The third kappa shape index (κ3) is 2.38. The summed E-state index contributed by atoms with van der Waals surface area (Å²) in [4.78, 5) is 0. The highest BCUT2D eigenvalue weighted by atomic mass is 19.1. The number of anilines is 1. The third-order valence-corrected chi connectivity index (χ3v) is 3.27. The molecule has 19 heavy (non-hydrogen) atoms. The second-order valence-electron chi connectivity index (χ2n) is 4.61. The molecule has 0 bridgehead atoms. The van der Waals surface area contributed by atoms with Crippen LogP contribution in [0.4, 0.5) is 10.1 Å². The van der Waals surface area contributed by atoms with E-state index in [0.717, 1.165) is 37.5 Å². The van der Waals surface area contributed by atoms with E-state index in [2.05, 4.69) is 14.8 Å². The van der Waals surface area contributed by atoms with Gasteiger partial charge in [0.2, 0.25) is 0 Å². The molecule has 0 saturated heterocycles. The summed E-state index contributed by atoms with van der Waals surface area (Å²) in [6, 6.07) is 4.08. The SMILES string of the molecule is Nc1ccc(F)cc1OCc1nnc2n1CCCC2. The summed E-state index contributed by atoms with van der Waals surface area (Å²) in [7, 11) is 0. The van der Waals surface area contributed by atoms with Crippen molar-refractivity contribution in [3.05, 3.63) is 35.7 Å². The highest BCUT2D eigenvalue weighted by Gasteiger charge is 2.16. The minimum Gasteiger partial charge on any atom is -0.483 e. The lowest BCUT2D eigenvalue weighted by Gasteiger charge is -2.15. The van der Waals surface area contributed by atoms with Crippen molar-refractivity contribution >= 4 is 5.69 Å². The molecule has 5 nitrogen and oxygen atoms in total. The van der Waals surface area contributed by atoms with Gasteiger partial charge in [0, 0.05) is 19.0 Å². The average Bonchev–Trinajstić information content (AvgIpc) is 2.83. The minimum atomic E-state index is -0.368. The average molecular weight is 262 g/mol. The Balaban J connectivity index is 1.75. The quantitative estimate of drug-likeness (QED) is 0.858. The molecule has 0 fully saturated rings. The van der Waals surface area contributed by atoms with Gasteiger partial charge in [-0.15, -0.1) is 10.2 Å². The highest BCUT2D eigenvalue weighted by Crippen LogP contribution is 2.23. The molecule has 0 spiro atoms. The first-order valence-corrected chi connectivity index (χ1v) is 6.33. The lowest BCUT2D eigenvalue weighted by Crippen LogP contribution is -2.14. The Kier molecular flexibility index (Phi) is 3.06. The van der Waals surface area contributed by atoms with E-state index >= 15 is 0 Å². The molecule has 2 aromatic rings. The van der Waals surface area contributed by atoms with E-state index in [9.17, 15) is 4.39 Å². The van der Waals surface area contributed by atoms with Crippen LogP contribution >= 0.6 is 0 Å². The maximum absolute atomic E-state index is 13.1. The number of halogens is 1. The van der Waals surface area contributed by atoms with Gasteiger partial charge in [-0.3, -0.25) is 0 Å². The second-order valence-corrected chi connectivity index (χ2v) is 4.61. The van der Waals surface area contributed by atoms with Gasteiger partial charge in [-0.1, -0.05) is 0 Å². The van der Waals surface area contributed by atoms with Crippen LogP contribution in [0.25, 0.3) is 0 Å². The summed E-state index contributed by atoms with van der Waals surface area (Å²) in [6.45, 7) is 1.17. The van der Waals surface area contributed by atoms with Gasteiger partial charge in [-0.2, -0.15) is 0 Å². The van der Waals surface area contributed by atoms with E-state index in [0.29, 0.717) is 11.4 Å². The minimum absolute atomic E-state index is 0.251. The second kappa shape index (κ2) is 4.87. The van der Waals surface area contributed by atoms with E-state index in [4.69, 9.17) is 10.5 Å². The Morgan fingerprint density at radius 1 is 1.32 bits per heavy atom. The molecule has 1 aromatic carbocycles. The Hall–Kier alpha value is -2.11. The predicted octanol–water partition coefficient (Wildman–Crippen LogP) is 1.91. The van der Waals surface area contributed by atoms with Crippen molar-refractivity contribution in [1.29, 1.82) is 0 Å². The summed E-state index contributed by atoms with van der Waals surface area (Å²) in [5.41, 5.74) is 6.15. The lowest BCUT2D eigenvalue weighted by molar-refractivity contribution is 0.286. The maximum Gasteiger partial charge on any atom is 0.171 e. The van der Waals surface area contributed by atoms with Crippen molar-refractivity contribution in [3.63, 3.8) is 0 Å². The van der Waals surface area contributed by atoms with Crippen molar-refractivity contribution in [2.75, 3.05) is 5.73 Å². The van der Waals surface area contributed by atoms with Gasteiger partial charge in [-0.25, -0.2) is 4.39 Å². The Bertz CT molecular complexity index is 596. The van der Waals surface area contributed by atoms with Crippen LogP contribution in [-0.4, -0.2) is 14.8 Å². The lowest BCUT2D eigenvalue weighted by atomic mass is 10.2. The first-order chi connectivity index (χ1) is 9.24. The molecule has 0 aliphatic carbocycles. The normalized spacial score (nSPS) is 14.2. The Morgan fingerprint density at radius 3 is 3.11 bits per heavy atom. The van der Waals surface area contributed by atoms with Gasteiger partial charge >= 0.3 is 0 Å². The number of hydrogen-bond donors (Lipinski definition) is 1. The molecule has 6 heteroatoms. The molecule has 1 aliphatic rings. The van der Waals surface area contributed by atoms with Crippen LogP contribution < -0.4 is 10.5 Å². The summed E-state index contributed by atoms with van der Waals surface area (Å²) in [5, 5.41) is 8.25. The Labute approximate surface area is 110 Å². The van der Waals surface area contributed by atoms with E-state index in [-0.39, 0.29) is 12.4 Å². The van der Waals surface area contributed by atoms with Crippen molar-refractivity contribution in [1.82, 2.24) is 14.8 Å². The molecule has 0 atom stereocenters. The molecular formula is C13H15FN4O. The zero-order valence-corrected chi connectivity index (χ0v) is 10.5. The van der Waals surface area contributed by atoms with Gasteiger partial charge in [0.25, 0.3) is 0 Å². The zero-order valence-electron chi connectivity index (χ0n) is 10.5. The van der Waals surface area contributed by atoms with Crippen LogP contribution in [-0.2, 0) is 19.6 Å². The number of nitrogens with two attached hydrogens (primary N) is 1. The number of ether oxygens (including phenoxy) is 1. The molecule has 0 saturated carbocycles. The van der Waals surface area contributed by atoms with Crippen LogP contribution in [0, 0.1) is 5.82 Å². The van der Waals surface area contributed by atoms with Crippen LogP contribution in [0.3, 0.4) is 0 Å². The van der Waals surface area contributed by atoms with Gasteiger partial charge < -0.3 is 15.0 Å². The van der Waals surface area contributed by atoms with Crippen molar-refractivity contribution in [3.8, 4) is 5.75 Å². The maximum atomic E-state index is 13.1. The fourth-order valence-electron chi connectivity index (χ4n) is 2.25. The first kappa shape index (κ1) is 12.0. The smallest absolute Gasteiger partial charge is 0.171 e. The number of benzene rings is 1. The molecule has 1 aliphatic heterocycles. The fourth-order valence-corrected chi connectivity index (χ4v) is 2.25. The van der Waals surface area contributed by atoms with E-state index in [1.165, 1.54) is 18.2 Å². The van der Waals surface area contributed by atoms with Crippen molar-refractivity contribution in [2.45, 2.75) is 32.4 Å². The number of hydrogen-bond acceptors (Lipinski definition) is 4. The molecule has 0 unspecified atom stereocenters. The molecule has 1 aromatic heterocycles. The van der Waals surface area contributed by atoms with E-state index in [1.54, 1.807) is 0 Å². The number of aromatic nitrogens is 3. The van der Waals surface area contributed by atoms with Gasteiger partial charge in [-0.05, 0) is 25.0 Å². The molecule has 3 rings (SSSR count). The van der Waals surface area contributed by atoms with Crippen molar-refractivity contribution < 1.29 is 9.13 Å². The number of fused-ring (bicyclic) bond motifs is 1. The predicted molar refractivity (Wildman–Crippen MR) is 68.1 cm³/mol. The third-order valence-electron chi connectivity index (χ3n) is 3.27. The summed E-state index contributed by atoms with van der Waals surface area (Å²) < 4.78 is 20.7. The van der Waals surface area contributed by atoms with Gasteiger partial charge in [0.15, 0.2) is 5.82 Å². The monoisotopic (exact) mass is 262 g/mol. The molecule has 100 valence electrons. The summed E-state index contributed by atoms with van der Waals surface area (Å²) in [5.74, 6) is 1.73. The highest BCUT2D eigenvalue weighted by molar-refractivity contribution is 5.52. The molecule has 0 amide bonds. The first-order valence-electron chi connectivity index (χ1n) is 6.33. The number of aryl methyl sites for hydroxylation is 1. The number of rotatable bonds is 3. The Morgan fingerprint density at radius 2 is 2.21 bits per heavy atom. The summed E-state index contributed by atoms with van der Waals surface area (Å²) >= 11 is 0. The number of nitrogens with zero attached hydrogens (tertiary/aromatic N) is 3. The standard InChI is InChI=1S/C13H15FN4O/c14-9-4-5-10(15)11(7-9)19-8-13-17-16-12-3-1-2-6-18(12)13/h4-5,7H,1-3,6,8,15H2. The van der Waals surface area contributed by atoms with Gasteiger partial charge in [0.1, 0.15) is 24.0 Å². The summed E-state index contributed by atoms with van der Waals surface area (Å²) in [6.07, 6.45) is 3.23. The van der Waals surface area contributed by atoms with Crippen LogP contribution in [0.15, 0.2) is 18.2 Å². The van der Waals surface area contributed by atoms with E-state index in [1.807, 2.05) is 0 Å². The number of nitrogen functional groups attached to an aromatic ring is 1. The van der Waals surface area contributed by atoms with Crippen LogP contribution in [0.5, 0.6) is 5.75 Å².